The van der Waals surface area contributed by atoms with Crippen LogP contribution in [-0.2, 0) is 0 Å². The van der Waals surface area contributed by atoms with E-state index < -0.39 is 0 Å². The van der Waals surface area contributed by atoms with Gasteiger partial charge in [-0.2, -0.15) is 0 Å². The van der Waals surface area contributed by atoms with Crippen LogP contribution in [0.2, 0.25) is 0 Å². The van der Waals surface area contributed by atoms with Gasteiger partial charge in [0.1, 0.15) is 0 Å². The number of hydrogen-bond acceptors (Lipinski definition) is 1. The molecule has 0 aliphatic rings. The molecule has 0 unspecified atom stereocenters. The molecular formula is C15H20S. The Labute approximate surface area is 103 Å². The van der Waals surface area contributed by atoms with Gasteiger partial charge < -0.3 is 0 Å². The van der Waals surface area contributed by atoms with Crippen LogP contribution in [0.5, 0.6) is 0 Å². The Balaban J connectivity index is 2.94. The normalized spacial score (nSPS) is 11.9. The van der Waals surface area contributed by atoms with Gasteiger partial charge in [0, 0.05) is 4.91 Å². The molecule has 0 atom stereocenters. The summed E-state index contributed by atoms with van der Waals surface area (Å²) in [7, 11) is 0. The number of benzene rings is 1. The van der Waals surface area contributed by atoms with Crippen LogP contribution in [0.25, 0.3) is 4.91 Å². The van der Waals surface area contributed by atoms with E-state index in [1.807, 2.05) is 17.8 Å². The molecule has 0 saturated carbocycles. The summed E-state index contributed by atoms with van der Waals surface area (Å²) >= 11 is 1.86. The molecule has 0 amide bonds. The van der Waals surface area contributed by atoms with Gasteiger partial charge in [-0.1, -0.05) is 57.7 Å². The van der Waals surface area contributed by atoms with E-state index in [4.69, 9.17) is 0 Å². The van der Waals surface area contributed by atoms with Crippen molar-refractivity contribution in [2.75, 3.05) is 5.75 Å². The molecule has 1 rings (SSSR count). The maximum Gasteiger partial charge on any atom is 0.0144 e. The lowest BCUT2D eigenvalue weighted by molar-refractivity contribution is 0.866. The Bertz CT molecular complexity index is 358. The molecule has 1 aromatic rings. The molecule has 86 valence electrons. The molecule has 0 nitrogen and oxygen atoms in total. The van der Waals surface area contributed by atoms with Gasteiger partial charge in [0.05, 0.1) is 0 Å². The van der Waals surface area contributed by atoms with Crippen molar-refractivity contribution in [1.82, 2.24) is 0 Å². The van der Waals surface area contributed by atoms with E-state index in [0.29, 0.717) is 5.92 Å². The predicted molar refractivity (Wildman–Crippen MR) is 76.8 cm³/mol. The number of hydrogen-bond donors (Lipinski definition) is 0. The topological polar surface area (TPSA) is 0 Å². The number of allylic oxidation sites excluding steroid dienone is 2. The molecular weight excluding hydrogens is 212 g/mol. The summed E-state index contributed by atoms with van der Waals surface area (Å²) in [4.78, 5) is 1.30. The zero-order valence-electron chi connectivity index (χ0n) is 10.4. The molecule has 16 heavy (non-hydrogen) atoms. The van der Waals surface area contributed by atoms with E-state index in [9.17, 15) is 0 Å². The van der Waals surface area contributed by atoms with Crippen LogP contribution in [0, 0.1) is 0 Å². The van der Waals surface area contributed by atoms with Crippen molar-refractivity contribution in [2.45, 2.75) is 26.7 Å². The first-order chi connectivity index (χ1) is 7.69. The fourth-order valence-electron chi connectivity index (χ4n) is 1.52. The van der Waals surface area contributed by atoms with Gasteiger partial charge >= 0.3 is 0 Å². The number of rotatable bonds is 5. The van der Waals surface area contributed by atoms with Gasteiger partial charge in [-0.15, -0.1) is 11.8 Å². The van der Waals surface area contributed by atoms with Crippen LogP contribution in [0.3, 0.4) is 0 Å². The maximum absolute atomic E-state index is 3.76. The molecule has 0 N–H and O–H groups in total. The summed E-state index contributed by atoms with van der Waals surface area (Å²) in [6.07, 6.45) is 3.94. The summed E-state index contributed by atoms with van der Waals surface area (Å²) in [5.41, 5.74) is 2.68. The minimum atomic E-state index is 0.597. The van der Waals surface area contributed by atoms with E-state index in [2.05, 4.69) is 57.7 Å². The smallest absolute Gasteiger partial charge is 0.0144 e. The van der Waals surface area contributed by atoms with Gasteiger partial charge in [0.2, 0.25) is 0 Å². The fourth-order valence-corrected chi connectivity index (χ4v) is 2.33. The molecule has 0 spiro atoms. The highest BCUT2D eigenvalue weighted by atomic mass is 32.2. The molecule has 0 heterocycles. The highest BCUT2D eigenvalue weighted by Crippen LogP contribution is 2.28. The van der Waals surface area contributed by atoms with Crippen molar-refractivity contribution in [3.63, 3.8) is 0 Å². The van der Waals surface area contributed by atoms with Crippen molar-refractivity contribution in [3.8, 4) is 0 Å². The second-order valence-electron chi connectivity index (χ2n) is 3.98. The second-order valence-corrected chi connectivity index (χ2v) is 5.28. The summed E-state index contributed by atoms with van der Waals surface area (Å²) < 4.78 is 0. The van der Waals surface area contributed by atoms with Crippen molar-refractivity contribution < 1.29 is 0 Å². The lowest BCUT2D eigenvalue weighted by Crippen LogP contribution is -1.88. The van der Waals surface area contributed by atoms with Crippen molar-refractivity contribution in [2.24, 2.45) is 0 Å². The minimum Gasteiger partial charge on any atom is -0.126 e. The molecule has 0 aromatic heterocycles. The highest BCUT2D eigenvalue weighted by Gasteiger charge is 2.02. The van der Waals surface area contributed by atoms with Gasteiger partial charge in [0.15, 0.2) is 0 Å². The largest absolute Gasteiger partial charge is 0.126 e. The fraction of sp³-hybridized carbons (Fsp3) is 0.333. The Morgan fingerprint density at radius 1 is 1.31 bits per heavy atom. The number of thioether (sulfide) groups is 1. The first-order valence-corrected chi connectivity index (χ1v) is 6.73. The van der Waals surface area contributed by atoms with Gasteiger partial charge in [0.25, 0.3) is 0 Å². The minimum absolute atomic E-state index is 0.597. The lowest BCUT2D eigenvalue weighted by Gasteiger charge is -2.09. The Hall–Kier alpha value is -0.950. The van der Waals surface area contributed by atoms with Crippen LogP contribution in [0.4, 0.5) is 0 Å². The standard InChI is InChI=1S/C15H20S/c1-5-7-15(16-6-2)14-10-8-13(9-11-14)12(3)4/h5,7-12H,1,6H2,2-4H3/b15-7-. The van der Waals surface area contributed by atoms with Gasteiger partial charge in [-0.25, -0.2) is 0 Å². The van der Waals surface area contributed by atoms with Gasteiger partial charge in [-0.3, -0.25) is 0 Å². The summed E-state index contributed by atoms with van der Waals surface area (Å²) in [6, 6.07) is 8.83. The predicted octanol–water partition coefficient (Wildman–Crippen LogP) is 5.09. The Morgan fingerprint density at radius 2 is 1.94 bits per heavy atom. The van der Waals surface area contributed by atoms with E-state index in [1.165, 1.54) is 16.0 Å². The molecule has 0 saturated heterocycles. The van der Waals surface area contributed by atoms with E-state index in [1.54, 1.807) is 0 Å². The average Bonchev–Trinajstić information content (AvgIpc) is 2.29. The Morgan fingerprint density at radius 3 is 2.38 bits per heavy atom. The van der Waals surface area contributed by atoms with E-state index in [0.717, 1.165) is 5.75 Å². The molecule has 1 aromatic carbocycles. The van der Waals surface area contributed by atoms with Crippen molar-refractivity contribution >= 4 is 16.7 Å². The lowest BCUT2D eigenvalue weighted by atomic mass is 10.0. The van der Waals surface area contributed by atoms with Crippen LogP contribution in [-0.4, -0.2) is 5.75 Å². The molecule has 0 bridgehead atoms. The third-order valence-corrected chi connectivity index (χ3v) is 3.40. The molecule has 1 heteroatoms. The van der Waals surface area contributed by atoms with Crippen LogP contribution in [0.15, 0.2) is 43.0 Å². The van der Waals surface area contributed by atoms with E-state index >= 15 is 0 Å². The quantitative estimate of drug-likeness (QED) is 0.637. The zero-order chi connectivity index (χ0) is 12.0. The summed E-state index contributed by atoms with van der Waals surface area (Å²) in [5, 5.41) is 0. The molecule has 0 aliphatic heterocycles. The first-order valence-electron chi connectivity index (χ1n) is 5.74. The third-order valence-electron chi connectivity index (χ3n) is 2.43. The van der Waals surface area contributed by atoms with Gasteiger partial charge in [-0.05, 0) is 28.9 Å². The van der Waals surface area contributed by atoms with Crippen LogP contribution >= 0.6 is 11.8 Å². The van der Waals surface area contributed by atoms with Crippen LogP contribution < -0.4 is 0 Å². The van der Waals surface area contributed by atoms with Crippen molar-refractivity contribution in [3.05, 3.63) is 54.1 Å². The SMILES string of the molecule is C=C/C=C(\SCC)c1ccc(C(C)C)cc1. The Kier molecular flexibility index (Phi) is 5.41. The second kappa shape index (κ2) is 6.59. The maximum atomic E-state index is 3.76. The monoisotopic (exact) mass is 232 g/mol. The summed E-state index contributed by atoms with van der Waals surface area (Å²) in [6.45, 7) is 10.4. The van der Waals surface area contributed by atoms with Crippen LogP contribution in [0.1, 0.15) is 37.8 Å². The summed E-state index contributed by atoms with van der Waals surface area (Å²) in [5.74, 6) is 1.69. The van der Waals surface area contributed by atoms with E-state index in [-0.39, 0.29) is 0 Å². The third kappa shape index (κ3) is 3.57. The highest BCUT2D eigenvalue weighted by molar-refractivity contribution is 8.08. The molecule has 0 radical (unpaired) electrons. The molecule has 0 fully saturated rings. The molecule has 0 aliphatic carbocycles. The van der Waals surface area contributed by atoms with Crippen molar-refractivity contribution in [1.29, 1.82) is 0 Å². The average molecular weight is 232 g/mol. The zero-order valence-corrected chi connectivity index (χ0v) is 11.2. The first kappa shape index (κ1) is 13.1.